The molecule has 1 aliphatic rings. The van der Waals surface area contributed by atoms with Crippen LogP contribution >= 0.6 is 0 Å². The van der Waals surface area contributed by atoms with Crippen LogP contribution in [0.25, 0.3) is 0 Å². The summed E-state index contributed by atoms with van der Waals surface area (Å²) in [7, 11) is 0. The Balaban J connectivity index is 1.85. The Morgan fingerprint density at radius 3 is 2.23 bits per heavy atom. The normalized spacial score (nSPS) is 14.7. The van der Waals surface area contributed by atoms with Crippen LogP contribution in [-0.2, 0) is 16.1 Å². The van der Waals surface area contributed by atoms with Crippen molar-refractivity contribution in [2.75, 3.05) is 39.3 Å². The van der Waals surface area contributed by atoms with Gasteiger partial charge in [-0.25, -0.2) is 4.39 Å². The van der Waals surface area contributed by atoms with Crippen LogP contribution in [0.3, 0.4) is 0 Å². The number of amides is 2. The van der Waals surface area contributed by atoms with E-state index in [2.05, 4.69) is 18.7 Å². The molecule has 2 amide bonds. The minimum atomic E-state index is -0.258. The van der Waals surface area contributed by atoms with Crippen molar-refractivity contribution in [1.82, 2.24) is 14.7 Å². The van der Waals surface area contributed by atoms with Gasteiger partial charge in [-0.3, -0.25) is 14.5 Å². The zero-order chi connectivity index (χ0) is 21.8. The molecular formula is C24H38FN3O2. The number of carbonyl (C=O) groups is 2. The molecule has 0 atom stereocenters. The van der Waals surface area contributed by atoms with Gasteiger partial charge in [-0.2, -0.15) is 0 Å². The lowest BCUT2D eigenvalue weighted by Crippen LogP contribution is -2.50. The maximum atomic E-state index is 13.2. The maximum absolute atomic E-state index is 13.2. The summed E-state index contributed by atoms with van der Waals surface area (Å²) in [5.74, 6) is 0.174. The first kappa shape index (κ1) is 24.3. The third kappa shape index (κ3) is 8.42. The number of hydrogen-bond donors (Lipinski definition) is 0. The maximum Gasteiger partial charge on any atom is 0.222 e. The number of halogens is 1. The molecule has 0 saturated carbocycles. The molecule has 5 nitrogen and oxygen atoms in total. The van der Waals surface area contributed by atoms with Crippen molar-refractivity contribution in [2.45, 2.75) is 65.3 Å². The molecule has 1 heterocycles. The summed E-state index contributed by atoms with van der Waals surface area (Å²) in [6.45, 7) is 9.46. The van der Waals surface area contributed by atoms with Gasteiger partial charge in [-0.15, -0.1) is 0 Å². The minimum absolute atomic E-state index is 0.168. The Labute approximate surface area is 181 Å². The van der Waals surface area contributed by atoms with Crippen LogP contribution in [0, 0.1) is 5.82 Å². The number of rotatable bonds is 12. The predicted molar refractivity (Wildman–Crippen MR) is 119 cm³/mol. The second-order valence-corrected chi connectivity index (χ2v) is 8.22. The van der Waals surface area contributed by atoms with Gasteiger partial charge in [-0.05, 0) is 30.5 Å². The second kappa shape index (κ2) is 13.4. The average Bonchev–Trinajstić information content (AvgIpc) is 2.76. The summed E-state index contributed by atoms with van der Waals surface area (Å²) in [6.07, 6.45) is 6.27. The molecule has 30 heavy (non-hydrogen) atoms. The topological polar surface area (TPSA) is 43.9 Å². The smallest absolute Gasteiger partial charge is 0.222 e. The van der Waals surface area contributed by atoms with Gasteiger partial charge in [0.1, 0.15) is 5.82 Å². The van der Waals surface area contributed by atoms with Crippen molar-refractivity contribution < 1.29 is 14.0 Å². The highest BCUT2D eigenvalue weighted by molar-refractivity contribution is 5.76. The first-order valence-electron chi connectivity index (χ1n) is 11.6. The molecule has 1 saturated heterocycles. The number of carbonyl (C=O) groups excluding carboxylic acids is 2. The van der Waals surface area contributed by atoms with Gasteiger partial charge in [0, 0.05) is 58.7 Å². The molecule has 1 aromatic rings. The first-order chi connectivity index (χ1) is 14.5. The number of unbranched alkanes of at least 4 members (excludes halogenated alkanes) is 3. The zero-order valence-corrected chi connectivity index (χ0v) is 18.7. The van der Waals surface area contributed by atoms with E-state index in [1.165, 1.54) is 12.1 Å². The van der Waals surface area contributed by atoms with Gasteiger partial charge in [0.05, 0.1) is 0 Å². The van der Waals surface area contributed by atoms with Gasteiger partial charge in [-0.1, -0.05) is 45.2 Å². The van der Waals surface area contributed by atoms with Crippen molar-refractivity contribution in [1.29, 1.82) is 0 Å². The van der Waals surface area contributed by atoms with Crippen LogP contribution in [0.5, 0.6) is 0 Å². The molecule has 1 aromatic carbocycles. The van der Waals surface area contributed by atoms with Crippen LogP contribution < -0.4 is 0 Å². The highest BCUT2D eigenvalue weighted by atomic mass is 19.1. The molecule has 0 aromatic heterocycles. The molecule has 168 valence electrons. The fraction of sp³-hybridized carbons (Fsp3) is 0.667. The summed E-state index contributed by atoms with van der Waals surface area (Å²) in [4.78, 5) is 31.2. The number of benzene rings is 1. The number of piperazine rings is 1. The summed E-state index contributed by atoms with van der Waals surface area (Å²) in [5, 5.41) is 0. The summed E-state index contributed by atoms with van der Waals surface area (Å²) in [6, 6.07) is 6.40. The van der Waals surface area contributed by atoms with Gasteiger partial charge < -0.3 is 9.80 Å². The van der Waals surface area contributed by atoms with E-state index in [0.29, 0.717) is 25.9 Å². The lowest BCUT2D eigenvalue weighted by molar-refractivity contribution is -0.133. The van der Waals surface area contributed by atoms with Crippen LogP contribution in [0.1, 0.15) is 64.4 Å². The van der Waals surface area contributed by atoms with Crippen molar-refractivity contribution in [3.05, 3.63) is 35.6 Å². The molecule has 6 heteroatoms. The quantitative estimate of drug-likeness (QED) is 0.480. The van der Waals surface area contributed by atoms with E-state index < -0.39 is 0 Å². The minimum Gasteiger partial charge on any atom is -0.340 e. The molecule has 0 bridgehead atoms. The Kier molecular flexibility index (Phi) is 10.8. The van der Waals surface area contributed by atoms with E-state index in [9.17, 15) is 14.0 Å². The van der Waals surface area contributed by atoms with Crippen molar-refractivity contribution in [2.24, 2.45) is 0 Å². The van der Waals surface area contributed by atoms with Crippen LogP contribution in [0.2, 0.25) is 0 Å². The fourth-order valence-electron chi connectivity index (χ4n) is 3.76. The lowest BCUT2D eigenvalue weighted by atomic mass is 10.1. The molecule has 0 unspecified atom stereocenters. The van der Waals surface area contributed by atoms with E-state index in [1.54, 1.807) is 12.1 Å². The van der Waals surface area contributed by atoms with E-state index in [-0.39, 0.29) is 17.6 Å². The largest absolute Gasteiger partial charge is 0.340 e. The SMILES string of the molecule is CCCCCC(=O)N(CCN1CCN(C(=O)CCCC)CC1)Cc1ccc(F)cc1. The molecule has 2 rings (SSSR count). The van der Waals surface area contributed by atoms with Crippen LogP contribution in [0.15, 0.2) is 24.3 Å². The van der Waals surface area contributed by atoms with Gasteiger partial charge in [0.25, 0.3) is 0 Å². The van der Waals surface area contributed by atoms with Gasteiger partial charge >= 0.3 is 0 Å². The van der Waals surface area contributed by atoms with Crippen molar-refractivity contribution in [3.63, 3.8) is 0 Å². The lowest BCUT2D eigenvalue weighted by Gasteiger charge is -2.36. The van der Waals surface area contributed by atoms with E-state index in [4.69, 9.17) is 0 Å². The zero-order valence-electron chi connectivity index (χ0n) is 18.7. The van der Waals surface area contributed by atoms with E-state index in [1.807, 2.05) is 9.80 Å². The third-order valence-corrected chi connectivity index (χ3v) is 5.79. The fourth-order valence-corrected chi connectivity index (χ4v) is 3.76. The molecule has 0 N–H and O–H groups in total. The van der Waals surface area contributed by atoms with Crippen molar-refractivity contribution in [3.8, 4) is 0 Å². The van der Waals surface area contributed by atoms with Gasteiger partial charge in [0.15, 0.2) is 0 Å². The highest BCUT2D eigenvalue weighted by Gasteiger charge is 2.22. The summed E-state index contributed by atoms with van der Waals surface area (Å²) >= 11 is 0. The van der Waals surface area contributed by atoms with Crippen molar-refractivity contribution >= 4 is 11.8 Å². The first-order valence-corrected chi connectivity index (χ1v) is 11.6. The standard InChI is InChI=1S/C24H38FN3O2/c1-3-5-7-9-24(30)28(20-21-10-12-22(25)13-11-21)19-16-26-14-17-27(18-15-26)23(29)8-6-4-2/h10-13H,3-9,14-20H2,1-2H3. The molecule has 0 radical (unpaired) electrons. The molecular weight excluding hydrogens is 381 g/mol. The molecule has 0 aliphatic carbocycles. The molecule has 1 fully saturated rings. The second-order valence-electron chi connectivity index (χ2n) is 8.22. The Bertz CT molecular complexity index is 642. The molecule has 1 aliphatic heterocycles. The third-order valence-electron chi connectivity index (χ3n) is 5.79. The van der Waals surface area contributed by atoms with Crippen LogP contribution in [0.4, 0.5) is 4.39 Å². The Morgan fingerprint density at radius 1 is 0.933 bits per heavy atom. The summed E-state index contributed by atoms with van der Waals surface area (Å²) in [5.41, 5.74) is 0.951. The highest BCUT2D eigenvalue weighted by Crippen LogP contribution is 2.12. The van der Waals surface area contributed by atoms with Gasteiger partial charge in [0.2, 0.25) is 11.8 Å². The monoisotopic (exact) mass is 419 g/mol. The molecule has 0 spiro atoms. The van der Waals surface area contributed by atoms with Crippen LogP contribution in [-0.4, -0.2) is 65.8 Å². The number of hydrogen-bond acceptors (Lipinski definition) is 3. The Morgan fingerprint density at radius 2 is 1.60 bits per heavy atom. The van der Waals surface area contributed by atoms with E-state index in [0.717, 1.165) is 70.4 Å². The summed E-state index contributed by atoms with van der Waals surface area (Å²) < 4.78 is 13.2. The Hall–Kier alpha value is -1.95. The van der Waals surface area contributed by atoms with E-state index >= 15 is 0 Å². The predicted octanol–water partition coefficient (Wildman–Crippen LogP) is 4.07. The number of nitrogens with zero attached hydrogens (tertiary/aromatic N) is 3. The average molecular weight is 420 g/mol.